The number of hydrogen-bond donors (Lipinski definition) is 0. The summed E-state index contributed by atoms with van der Waals surface area (Å²) in [6, 6.07) is 0. The van der Waals surface area contributed by atoms with Crippen molar-refractivity contribution in [2.24, 2.45) is 29.1 Å². The maximum Gasteiger partial charge on any atom is 0.302 e. The van der Waals surface area contributed by atoms with Gasteiger partial charge in [-0.1, -0.05) is 32.4 Å². The molecule has 1 heterocycles. The van der Waals surface area contributed by atoms with Crippen LogP contribution in [-0.4, -0.2) is 36.5 Å². The van der Waals surface area contributed by atoms with Crippen molar-refractivity contribution in [3.05, 3.63) is 34.3 Å². The number of allylic oxidation sites excluding steroid dienone is 1. The SMILES string of the molecule is CC(=O)OC1CCC2(C)C(=CCC3C2CCC2(C)c4c(oc(CCC(C)CN(C)C(C)=O)c4C)CC32)C1. The highest BCUT2D eigenvalue weighted by molar-refractivity contribution is 5.72. The van der Waals surface area contributed by atoms with Gasteiger partial charge in [0.15, 0.2) is 0 Å². The van der Waals surface area contributed by atoms with Gasteiger partial charge in [0.25, 0.3) is 0 Å². The molecule has 2 fully saturated rings. The maximum atomic E-state index is 11.6. The van der Waals surface area contributed by atoms with Crippen LogP contribution in [-0.2, 0) is 32.6 Å². The van der Waals surface area contributed by atoms with Crippen molar-refractivity contribution in [3.63, 3.8) is 0 Å². The zero-order chi connectivity index (χ0) is 26.7. The third kappa shape index (κ3) is 4.48. The van der Waals surface area contributed by atoms with E-state index in [0.717, 1.165) is 51.5 Å². The van der Waals surface area contributed by atoms with Gasteiger partial charge in [0.05, 0.1) is 0 Å². The molecule has 5 nitrogen and oxygen atoms in total. The van der Waals surface area contributed by atoms with Crippen LogP contribution in [0.25, 0.3) is 0 Å². The van der Waals surface area contributed by atoms with Crippen LogP contribution in [0.3, 0.4) is 0 Å². The van der Waals surface area contributed by atoms with E-state index in [0.29, 0.717) is 23.7 Å². The van der Waals surface area contributed by atoms with Gasteiger partial charge in [0, 0.05) is 52.3 Å². The molecule has 5 heteroatoms. The van der Waals surface area contributed by atoms with Crippen molar-refractivity contribution >= 4 is 11.9 Å². The average Bonchev–Trinajstić information content (AvgIpc) is 3.30. The monoisotopic (exact) mass is 509 g/mol. The van der Waals surface area contributed by atoms with Crippen molar-refractivity contribution in [1.82, 2.24) is 4.90 Å². The smallest absolute Gasteiger partial charge is 0.302 e. The normalized spacial score (nSPS) is 34.9. The largest absolute Gasteiger partial charge is 0.465 e. The molecule has 4 aliphatic rings. The summed E-state index contributed by atoms with van der Waals surface area (Å²) < 4.78 is 12.3. The third-order valence-corrected chi connectivity index (χ3v) is 11.1. The number of esters is 1. The van der Waals surface area contributed by atoms with Crippen molar-refractivity contribution in [2.75, 3.05) is 13.6 Å². The molecule has 0 radical (unpaired) electrons. The zero-order valence-corrected chi connectivity index (χ0v) is 24.1. The van der Waals surface area contributed by atoms with E-state index in [4.69, 9.17) is 9.15 Å². The number of hydrogen-bond acceptors (Lipinski definition) is 4. The van der Waals surface area contributed by atoms with Crippen LogP contribution in [0.5, 0.6) is 0 Å². The molecule has 0 spiro atoms. The van der Waals surface area contributed by atoms with Gasteiger partial charge in [0.1, 0.15) is 17.6 Å². The third-order valence-electron chi connectivity index (χ3n) is 11.1. The van der Waals surface area contributed by atoms with E-state index in [-0.39, 0.29) is 28.8 Å². The van der Waals surface area contributed by atoms with Crippen LogP contribution in [0.15, 0.2) is 16.1 Å². The molecule has 1 aromatic rings. The van der Waals surface area contributed by atoms with Gasteiger partial charge in [0.2, 0.25) is 5.91 Å². The Kier molecular flexibility index (Phi) is 6.90. The minimum absolute atomic E-state index is 0.0596. The number of nitrogens with zero attached hydrogens (tertiary/aromatic N) is 1. The van der Waals surface area contributed by atoms with Gasteiger partial charge in [-0.2, -0.15) is 0 Å². The number of carbonyl (C=O) groups is 2. The first kappa shape index (κ1) is 26.6. The Hall–Kier alpha value is -2.04. The lowest BCUT2D eigenvalue weighted by atomic mass is 9.47. The highest BCUT2D eigenvalue weighted by Crippen LogP contribution is 2.65. The molecular weight excluding hydrogens is 462 g/mol. The summed E-state index contributed by atoms with van der Waals surface area (Å²) in [4.78, 5) is 25.0. The number of aryl methyl sites for hydroxylation is 1. The van der Waals surface area contributed by atoms with Gasteiger partial charge < -0.3 is 14.1 Å². The summed E-state index contributed by atoms with van der Waals surface area (Å²) >= 11 is 0. The standard InChI is InChI=1S/C32H47NO4/c1-19(18-33(7)21(3)34)8-11-28-20(2)30-29(37-28)17-27-25-10-9-23-16-24(36-22(4)35)12-14-31(23,5)26(25)13-15-32(27,30)6/h9,19,24-27H,8,10-18H2,1-7H3. The fourth-order valence-corrected chi connectivity index (χ4v) is 8.99. The lowest BCUT2D eigenvalue weighted by molar-refractivity contribution is -0.148. The van der Waals surface area contributed by atoms with Crippen LogP contribution in [0.1, 0.15) is 102 Å². The Balaban J connectivity index is 1.31. The summed E-state index contributed by atoms with van der Waals surface area (Å²) in [5, 5.41) is 0. The molecule has 7 unspecified atom stereocenters. The average molecular weight is 510 g/mol. The van der Waals surface area contributed by atoms with E-state index in [2.05, 4.69) is 33.8 Å². The number of ether oxygens (including phenoxy) is 1. The molecule has 2 saturated carbocycles. The highest BCUT2D eigenvalue weighted by Gasteiger charge is 2.59. The zero-order valence-electron chi connectivity index (χ0n) is 24.1. The van der Waals surface area contributed by atoms with Crippen LogP contribution >= 0.6 is 0 Å². The Morgan fingerprint density at radius 1 is 1.14 bits per heavy atom. The molecule has 204 valence electrons. The van der Waals surface area contributed by atoms with E-state index >= 15 is 0 Å². The predicted octanol–water partition coefficient (Wildman–Crippen LogP) is 6.54. The molecule has 7 atom stereocenters. The maximum absolute atomic E-state index is 11.6. The Morgan fingerprint density at radius 2 is 1.86 bits per heavy atom. The predicted molar refractivity (Wildman–Crippen MR) is 145 cm³/mol. The summed E-state index contributed by atoms with van der Waals surface area (Å²) in [5.41, 5.74) is 4.92. The Labute approximate surface area is 223 Å². The number of rotatable bonds is 6. The van der Waals surface area contributed by atoms with Gasteiger partial charge >= 0.3 is 5.97 Å². The van der Waals surface area contributed by atoms with E-state index < -0.39 is 0 Å². The second-order valence-electron chi connectivity index (χ2n) is 13.4. The van der Waals surface area contributed by atoms with Crippen LogP contribution in [0.2, 0.25) is 0 Å². The molecule has 1 aromatic heterocycles. The summed E-state index contributed by atoms with van der Waals surface area (Å²) in [6.07, 6.45) is 12.4. The number of amides is 1. The Bertz CT molecular complexity index is 1100. The van der Waals surface area contributed by atoms with Crippen molar-refractivity contribution in [2.45, 2.75) is 111 Å². The number of fused-ring (bicyclic) bond motifs is 7. The summed E-state index contributed by atoms with van der Waals surface area (Å²) in [6.45, 7) is 13.5. The second kappa shape index (κ2) is 9.61. The summed E-state index contributed by atoms with van der Waals surface area (Å²) in [7, 11) is 1.89. The number of carbonyl (C=O) groups excluding carboxylic acids is 2. The topological polar surface area (TPSA) is 59.8 Å². The fraction of sp³-hybridized carbons (Fsp3) is 0.750. The first-order chi connectivity index (χ1) is 17.4. The van der Waals surface area contributed by atoms with Crippen LogP contribution < -0.4 is 0 Å². The van der Waals surface area contributed by atoms with Crippen molar-refractivity contribution in [1.29, 1.82) is 0 Å². The van der Waals surface area contributed by atoms with Gasteiger partial charge in [-0.3, -0.25) is 9.59 Å². The molecule has 0 aliphatic heterocycles. The minimum atomic E-state index is -0.150. The molecule has 5 rings (SSSR count). The molecule has 37 heavy (non-hydrogen) atoms. The van der Waals surface area contributed by atoms with Gasteiger partial charge in [-0.15, -0.1) is 0 Å². The van der Waals surface area contributed by atoms with Gasteiger partial charge in [-0.05, 0) is 85.5 Å². The van der Waals surface area contributed by atoms with E-state index in [1.54, 1.807) is 12.5 Å². The quantitative estimate of drug-likeness (QED) is 0.323. The molecule has 4 aliphatic carbocycles. The van der Waals surface area contributed by atoms with E-state index in [9.17, 15) is 9.59 Å². The molecule has 0 saturated heterocycles. The molecule has 1 amide bonds. The Morgan fingerprint density at radius 3 is 2.57 bits per heavy atom. The lowest BCUT2D eigenvalue weighted by Gasteiger charge is -2.57. The number of furan rings is 1. The highest BCUT2D eigenvalue weighted by atomic mass is 16.5. The van der Waals surface area contributed by atoms with E-state index in [1.807, 2.05) is 11.9 Å². The van der Waals surface area contributed by atoms with Crippen molar-refractivity contribution < 1.29 is 18.7 Å². The molecule has 0 aromatic carbocycles. The molecule has 0 N–H and O–H groups in total. The minimum Gasteiger partial charge on any atom is -0.465 e. The van der Waals surface area contributed by atoms with Crippen LogP contribution in [0.4, 0.5) is 0 Å². The molecule has 0 bridgehead atoms. The second-order valence-corrected chi connectivity index (χ2v) is 13.4. The lowest BCUT2D eigenvalue weighted by Crippen LogP contribution is -2.51. The van der Waals surface area contributed by atoms with E-state index in [1.165, 1.54) is 42.4 Å². The fourth-order valence-electron chi connectivity index (χ4n) is 8.99. The van der Waals surface area contributed by atoms with Crippen LogP contribution in [0, 0.1) is 36.0 Å². The first-order valence-electron chi connectivity index (χ1n) is 14.6. The van der Waals surface area contributed by atoms with Gasteiger partial charge in [-0.25, -0.2) is 0 Å². The molecular formula is C32H47NO4. The van der Waals surface area contributed by atoms with Crippen molar-refractivity contribution in [3.8, 4) is 0 Å². The first-order valence-corrected chi connectivity index (χ1v) is 14.6. The summed E-state index contributed by atoms with van der Waals surface area (Å²) in [5.74, 6) is 4.92.